The van der Waals surface area contributed by atoms with Crippen molar-refractivity contribution in [3.63, 3.8) is 0 Å². The summed E-state index contributed by atoms with van der Waals surface area (Å²) in [6.07, 6.45) is -3.52. The van der Waals surface area contributed by atoms with E-state index in [-0.39, 0.29) is 12.0 Å². The van der Waals surface area contributed by atoms with Crippen molar-refractivity contribution in [3.05, 3.63) is 23.9 Å². The molecule has 0 atom stereocenters. The van der Waals surface area contributed by atoms with Crippen molar-refractivity contribution in [2.75, 3.05) is 0 Å². The number of alkyl halides is 3. The van der Waals surface area contributed by atoms with Crippen LogP contribution in [0.1, 0.15) is 12.8 Å². The summed E-state index contributed by atoms with van der Waals surface area (Å²) in [5.74, 6) is 0. The number of hydrogen-bond donors (Lipinski definition) is 0. The molecule has 6 heteroatoms. The highest BCUT2D eigenvalue weighted by Gasteiger charge is 2.35. The van der Waals surface area contributed by atoms with Crippen molar-refractivity contribution >= 4 is 6.21 Å². The molecule has 16 heavy (non-hydrogen) atoms. The summed E-state index contributed by atoms with van der Waals surface area (Å²) in [6.45, 7) is 3.19. The molecule has 0 aliphatic rings. The second-order valence-corrected chi connectivity index (χ2v) is 2.58. The number of rotatable bonds is 4. The van der Waals surface area contributed by atoms with Crippen molar-refractivity contribution in [2.45, 2.75) is 19.0 Å². The van der Waals surface area contributed by atoms with Crippen molar-refractivity contribution in [1.82, 2.24) is 0 Å². The van der Waals surface area contributed by atoms with Gasteiger partial charge in [-0.1, -0.05) is 12.7 Å². The van der Waals surface area contributed by atoms with Crippen molar-refractivity contribution < 1.29 is 13.2 Å². The van der Waals surface area contributed by atoms with E-state index in [0.29, 0.717) is 0 Å². The SMILES string of the molecule is C=C/C(CC#N)=C(\N=CCC#N)C(F)(F)F. The van der Waals surface area contributed by atoms with Gasteiger partial charge in [-0.3, -0.25) is 4.99 Å². The summed E-state index contributed by atoms with van der Waals surface area (Å²) in [7, 11) is 0. The Morgan fingerprint density at radius 3 is 2.31 bits per heavy atom. The number of hydrogen-bond acceptors (Lipinski definition) is 3. The second-order valence-electron chi connectivity index (χ2n) is 2.58. The van der Waals surface area contributed by atoms with Gasteiger partial charge in [-0.2, -0.15) is 23.7 Å². The summed E-state index contributed by atoms with van der Waals surface area (Å²) in [6, 6.07) is 3.23. The van der Waals surface area contributed by atoms with Crippen molar-refractivity contribution in [3.8, 4) is 12.1 Å². The fourth-order valence-corrected chi connectivity index (χ4v) is 0.854. The van der Waals surface area contributed by atoms with Crippen LogP contribution >= 0.6 is 0 Å². The molecule has 0 rings (SSSR count). The molecule has 0 saturated heterocycles. The molecule has 0 aromatic carbocycles. The van der Waals surface area contributed by atoms with Gasteiger partial charge in [-0.05, 0) is 5.57 Å². The molecule has 0 fully saturated rings. The van der Waals surface area contributed by atoms with Gasteiger partial charge in [0.05, 0.1) is 25.0 Å². The van der Waals surface area contributed by atoms with Gasteiger partial charge in [0.15, 0.2) is 0 Å². The Morgan fingerprint density at radius 2 is 1.94 bits per heavy atom. The largest absolute Gasteiger partial charge is 0.433 e. The fourth-order valence-electron chi connectivity index (χ4n) is 0.854. The van der Waals surface area contributed by atoms with Crippen LogP contribution in [-0.2, 0) is 0 Å². The normalized spacial score (nSPS) is 12.8. The molecule has 0 radical (unpaired) electrons. The van der Waals surface area contributed by atoms with E-state index in [0.717, 1.165) is 12.3 Å². The molecule has 0 unspecified atom stereocenters. The molecule has 0 saturated carbocycles. The van der Waals surface area contributed by atoms with Gasteiger partial charge in [0.1, 0.15) is 5.70 Å². The van der Waals surface area contributed by atoms with Gasteiger partial charge in [0.25, 0.3) is 0 Å². The predicted molar refractivity (Wildman–Crippen MR) is 52.2 cm³/mol. The number of aliphatic imine (C=N–C) groups is 1. The molecule has 0 aliphatic carbocycles. The predicted octanol–water partition coefficient (Wildman–Crippen LogP) is 2.89. The average molecular weight is 227 g/mol. The highest BCUT2D eigenvalue weighted by Crippen LogP contribution is 2.30. The van der Waals surface area contributed by atoms with Gasteiger partial charge in [0.2, 0.25) is 0 Å². The standard InChI is InChI=1S/C10H8F3N3/c1-2-8(4-6-15)9(10(11,12)13)16-7-3-5-14/h2,7H,1,3-4H2/b9-8+,16-7?. The molecular formula is C10H8F3N3. The first kappa shape index (κ1) is 13.9. The minimum Gasteiger partial charge on any atom is -0.255 e. The molecular weight excluding hydrogens is 219 g/mol. The molecule has 0 heterocycles. The third kappa shape index (κ3) is 4.43. The van der Waals surface area contributed by atoms with E-state index in [4.69, 9.17) is 10.5 Å². The topological polar surface area (TPSA) is 59.9 Å². The van der Waals surface area contributed by atoms with E-state index in [1.165, 1.54) is 0 Å². The zero-order valence-corrected chi connectivity index (χ0v) is 8.25. The van der Waals surface area contributed by atoms with Crippen LogP contribution in [0.2, 0.25) is 0 Å². The molecule has 3 nitrogen and oxygen atoms in total. The van der Waals surface area contributed by atoms with E-state index in [9.17, 15) is 13.2 Å². The second kappa shape index (κ2) is 6.41. The lowest BCUT2D eigenvalue weighted by Crippen LogP contribution is -2.12. The molecule has 84 valence electrons. The quantitative estimate of drug-likeness (QED) is 0.547. The average Bonchev–Trinajstić information content (AvgIpc) is 2.20. The lowest BCUT2D eigenvalue weighted by molar-refractivity contribution is -0.0929. The highest BCUT2D eigenvalue weighted by atomic mass is 19.4. The number of nitriles is 2. The van der Waals surface area contributed by atoms with Gasteiger partial charge in [-0.25, -0.2) is 0 Å². The van der Waals surface area contributed by atoms with Crippen LogP contribution in [-0.4, -0.2) is 12.4 Å². The molecule has 0 aromatic rings. The van der Waals surface area contributed by atoms with E-state index < -0.39 is 18.3 Å². The summed E-state index contributed by atoms with van der Waals surface area (Å²) in [5.41, 5.74) is -1.48. The number of halogens is 3. The first-order valence-corrected chi connectivity index (χ1v) is 4.16. The van der Waals surface area contributed by atoms with E-state index in [1.807, 2.05) is 0 Å². The van der Waals surface area contributed by atoms with Crippen LogP contribution in [0.5, 0.6) is 0 Å². The molecule has 0 N–H and O–H groups in total. The first-order valence-electron chi connectivity index (χ1n) is 4.16. The van der Waals surface area contributed by atoms with Gasteiger partial charge in [0, 0.05) is 6.21 Å². The lowest BCUT2D eigenvalue weighted by atomic mass is 10.1. The molecule has 0 aromatic heterocycles. The Kier molecular flexibility index (Phi) is 5.58. The van der Waals surface area contributed by atoms with Gasteiger partial charge < -0.3 is 0 Å². The van der Waals surface area contributed by atoms with Crippen LogP contribution in [0.4, 0.5) is 13.2 Å². The minimum absolute atomic E-state index is 0.226. The van der Waals surface area contributed by atoms with Crippen LogP contribution in [0.15, 0.2) is 28.9 Å². The molecule has 0 amide bonds. The summed E-state index contributed by atoms with van der Waals surface area (Å²) in [4.78, 5) is 3.16. The fraction of sp³-hybridized carbons (Fsp3) is 0.300. The smallest absolute Gasteiger partial charge is 0.255 e. The molecule has 0 aliphatic heterocycles. The summed E-state index contributed by atoms with van der Waals surface area (Å²) < 4.78 is 37.5. The Hall–Kier alpha value is -2.08. The van der Waals surface area contributed by atoms with Crippen LogP contribution < -0.4 is 0 Å². The Morgan fingerprint density at radius 1 is 1.31 bits per heavy atom. The van der Waals surface area contributed by atoms with Crippen LogP contribution in [0, 0.1) is 22.7 Å². The maximum absolute atomic E-state index is 12.5. The minimum atomic E-state index is -4.66. The maximum Gasteiger partial charge on any atom is 0.433 e. The summed E-state index contributed by atoms with van der Waals surface area (Å²) in [5, 5.41) is 16.5. The number of nitrogens with zero attached hydrogens (tertiary/aromatic N) is 3. The third-order valence-electron chi connectivity index (χ3n) is 1.49. The third-order valence-corrected chi connectivity index (χ3v) is 1.49. The van der Waals surface area contributed by atoms with Crippen molar-refractivity contribution in [1.29, 1.82) is 10.5 Å². The Balaban J connectivity index is 5.32. The molecule has 0 bridgehead atoms. The van der Waals surface area contributed by atoms with Gasteiger partial charge in [-0.15, -0.1) is 0 Å². The highest BCUT2D eigenvalue weighted by molar-refractivity contribution is 5.62. The Bertz CT molecular complexity index is 391. The lowest BCUT2D eigenvalue weighted by Gasteiger charge is -2.09. The zero-order chi connectivity index (χ0) is 12.6. The maximum atomic E-state index is 12.5. The van der Waals surface area contributed by atoms with E-state index in [1.54, 1.807) is 12.1 Å². The van der Waals surface area contributed by atoms with E-state index >= 15 is 0 Å². The van der Waals surface area contributed by atoms with Crippen molar-refractivity contribution in [2.24, 2.45) is 4.99 Å². The van der Waals surface area contributed by atoms with Gasteiger partial charge >= 0.3 is 6.18 Å². The zero-order valence-electron chi connectivity index (χ0n) is 8.25. The monoisotopic (exact) mass is 227 g/mol. The molecule has 0 spiro atoms. The summed E-state index contributed by atoms with van der Waals surface area (Å²) >= 11 is 0. The van der Waals surface area contributed by atoms with Crippen LogP contribution in [0.25, 0.3) is 0 Å². The van der Waals surface area contributed by atoms with E-state index in [2.05, 4.69) is 11.6 Å². The van der Waals surface area contributed by atoms with Crippen LogP contribution in [0.3, 0.4) is 0 Å². The Labute approximate surface area is 90.8 Å². The first-order chi connectivity index (χ1) is 7.47. The number of allylic oxidation sites excluding steroid dienone is 3.